The average Bonchev–Trinajstić information content (AvgIpc) is 2.70. The van der Waals surface area contributed by atoms with Crippen LogP contribution in [0.15, 0.2) is 59.8 Å². The van der Waals surface area contributed by atoms with E-state index in [4.69, 9.17) is 21.1 Å². The Morgan fingerprint density at radius 3 is 2.19 bits per heavy atom. The number of halogens is 1. The number of methoxy groups -OCH3 is 1. The van der Waals surface area contributed by atoms with Crippen molar-refractivity contribution in [3.05, 3.63) is 65.6 Å². The number of benzene rings is 2. The Morgan fingerprint density at radius 2 is 1.61 bits per heavy atom. The van der Waals surface area contributed by atoms with Crippen LogP contribution in [0, 0.1) is 0 Å². The fourth-order valence-corrected chi connectivity index (χ4v) is 3.83. The van der Waals surface area contributed by atoms with Crippen LogP contribution in [0.4, 0.5) is 5.82 Å². The standard InChI is InChI=1S/C21H22ClN3O4S.K.H/c1-21(2,3)14-9-11-15(12-10-14)30(26,27)25-20-18(19(22)23-13-24-20)29-17-8-6-5-7-16(17)28-4;;/h5-13H,1-4H3,(H,23,24,25);;/q;+1;-1. The first kappa shape index (κ1) is 26.1. The normalized spacial score (nSPS) is 11.4. The van der Waals surface area contributed by atoms with Gasteiger partial charge in [-0.25, -0.2) is 18.4 Å². The van der Waals surface area contributed by atoms with Gasteiger partial charge >= 0.3 is 51.4 Å². The summed E-state index contributed by atoms with van der Waals surface area (Å²) in [5.41, 5.74) is 0.928. The molecular formula is C21H23ClKN3O4S. The summed E-state index contributed by atoms with van der Waals surface area (Å²) in [4.78, 5) is 7.98. The van der Waals surface area contributed by atoms with Crippen LogP contribution in [-0.4, -0.2) is 25.5 Å². The average molecular weight is 488 g/mol. The Balaban J connectivity index is 0.00000256. The Kier molecular flexibility index (Phi) is 8.92. The molecule has 0 fully saturated rings. The zero-order chi connectivity index (χ0) is 21.9. The van der Waals surface area contributed by atoms with Crippen LogP contribution in [0.25, 0.3) is 0 Å². The fraction of sp³-hybridized carbons (Fsp3) is 0.238. The number of aromatic nitrogens is 2. The molecule has 0 saturated carbocycles. The molecule has 2 aromatic carbocycles. The van der Waals surface area contributed by atoms with Gasteiger partial charge in [-0.05, 0) is 35.2 Å². The van der Waals surface area contributed by atoms with E-state index >= 15 is 0 Å². The molecule has 0 saturated heterocycles. The largest absolute Gasteiger partial charge is 1.00 e. The maximum absolute atomic E-state index is 12.9. The summed E-state index contributed by atoms with van der Waals surface area (Å²) < 4.78 is 39.3. The molecule has 0 radical (unpaired) electrons. The van der Waals surface area contributed by atoms with Gasteiger partial charge in [0.1, 0.15) is 6.33 Å². The number of nitrogens with zero attached hydrogens (tertiary/aromatic N) is 2. The monoisotopic (exact) mass is 487 g/mol. The molecular weight excluding hydrogens is 465 g/mol. The Labute approximate surface area is 231 Å². The van der Waals surface area contributed by atoms with Crippen LogP contribution in [-0.2, 0) is 15.4 Å². The Morgan fingerprint density at radius 1 is 1.00 bits per heavy atom. The number of anilines is 1. The molecule has 3 rings (SSSR count). The number of hydrogen-bond donors (Lipinski definition) is 1. The minimum absolute atomic E-state index is 0. The predicted molar refractivity (Wildman–Crippen MR) is 117 cm³/mol. The van der Waals surface area contributed by atoms with Crippen LogP contribution < -0.4 is 65.6 Å². The van der Waals surface area contributed by atoms with Crippen molar-refractivity contribution in [2.24, 2.45) is 0 Å². The maximum atomic E-state index is 12.9. The van der Waals surface area contributed by atoms with E-state index in [1.165, 1.54) is 7.11 Å². The van der Waals surface area contributed by atoms with Crippen LogP contribution in [0.1, 0.15) is 27.8 Å². The molecule has 1 heterocycles. The SMILES string of the molecule is COc1ccccc1Oc1c(Cl)ncnc1NS(=O)(=O)c1ccc(C(C)(C)C)cc1.[H-].[K+]. The molecule has 0 aliphatic rings. The van der Waals surface area contributed by atoms with E-state index in [0.717, 1.165) is 11.9 Å². The van der Waals surface area contributed by atoms with Crippen LogP contribution >= 0.6 is 11.6 Å². The number of ether oxygens (including phenoxy) is 2. The van der Waals surface area contributed by atoms with E-state index in [0.29, 0.717) is 11.5 Å². The zero-order valence-electron chi connectivity index (χ0n) is 19.0. The van der Waals surface area contributed by atoms with E-state index in [9.17, 15) is 8.42 Å². The van der Waals surface area contributed by atoms with Gasteiger partial charge in [0.05, 0.1) is 12.0 Å². The second-order valence-electron chi connectivity index (χ2n) is 7.48. The quantitative estimate of drug-likeness (QED) is 0.423. The van der Waals surface area contributed by atoms with Crippen LogP contribution in [0.3, 0.4) is 0 Å². The first-order chi connectivity index (χ1) is 14.1. The van der Waals surface area contributed by atoms with Crippen molar-refractivity contribution in [2.45, 2.75) is 31.1 Å². The maximum Gasteiger partial charge on any atom is 1.00 e. The number of para-hydroxylation sites is 2. The first-order valence-corrected chi connectivity index (χ1v) is 10.9. The molecule has 0 bridgehead atoms. The first-order valence-electron chi connectivity index (χ1n) is 9.06. The third kappa shape index (κ3) is 6.41. The summed E-state index contributed by atoms with van der Waals surface area (Å²) in [5, 5.41) is -0.0447. The number of nitrogens with one attached hydrogen (secondary N) is 1. The van der Waals surface area contributed by atoms with Gasteiger partial charge < -0.3 is 10.9 Å². The van der Waals surface area contributed by atoms with Crippen molar-refractivity contribution < 1.29 is 70.7 Å². The van der Waals surface area contributed by atoms with E-state index in [-0.39, 0.29) is 79.8 Å². The minimum Gasteiger partial charge on any atom is -1.00 e. The number of rotatable bonds is 6. The van der Waals surface area contributed by atoms with E-state index in [1.807, 2.05) is 0 Å². The number of sulfonamides is 1. The van der Waals surface area contributed by atoms with Gasteiger partial charge in [0.15, 0.2) is 22.5 Å². The topological polar surface area (TPSA) is 90.4 Å². The van der Waals surface area contributed by atoms with Crippen molar-refractivity contribution in [3.8, 4) is 17.2 Å². The molecule has 31 heavy (non-hydrogen) atoms. The van der Waals surface area contributed by atoms with Crippen molar-refractivity contribution in [1.29, 1.82) is 0 Å². The van der Waals surface area contributed by atoms with E-state index in [1.54, 1.807) is 48.5 Å². The van der Waals surface area contributed by atoms with Gasteiger partial charge in [-0.3, -0.25) is 4.72 Å². The summed E-state index contributed by atoms with van der Waals surface area (Å²) in [7, 11) is -2.44. The van der Waals surface area contributed by atoms with Crippen molar-refractivity contribution in [2.75, 3.05) is 11.8 Å². The molecule has 0 unspecified atom stereocenters. The number of hydrogen-bond acceptors (Lipinski definition) is 6. The molecule has 160 valence electrons. The molecule has 7 nitrogen and oxygen atoms in total. The third-order valence-electron chi connectivity index (χ3n) is 4.30. The van der Waals surface area contributed by atoms with Crippen molar-refractivity contribution in [3.63, 3.8) is 0 Å². The van der Waals surface area contributed by atoms with E-state index < -0.39 is 10.0 Å². The van der Waals surface area contributed by atoms with Crippen molar-refractivity contribution >= 4 is 27.4 Å². The molecule has 0 atom stereocenters. The molecule has 3 aromatic rings. The molecule has 1 aromatic heterocycles. The van der Waals surface area contributed by atoms with Gasteiger partial charge in [0, 0.05) is 0 Å². The molecule has 0 spiro atoms. The van der Waals surface area contributed by atoms with Gasteiger partial charge in [-0.2, -0.15) is 0 Å². The molecule has 0 aliphatic heterocycles. The summed E-state index contributed by atoms with van der Waals surface area (Å²) in [6.45, 7) is 6.16. The second-order valence-corrected chi connectivity index (χ2v) is 9.52. The summed E-state index contributed by atoms with van der Waals surface area (Å²) in [6.07, 6.45) is 1.15. The fourth-order valence-electron chi connectivity index (χ4n) is 2.65. The summed E-state index contributed by atoms with van der Waals surface area (Å²) in [6, 6.07) is 13.6. The predicted octanol–water partition coefficient (Wildman–Crippen LogP) is 2.15. The second kappa shape index (κ2) is 10.6. The molecule has 10 heteroatoms. The summed E-state index contributed by atoms with van der Waals surface area (Å²) in [5.74, 6) is 0.676. The van der Waals surface area contributed by atoms with Gasteiger partial charge in [-0.15, -0.1) is 0 Å². The Hall–Kier alpha value is -1.20. The van der Waals surface area contributed by atoms with Crippen LogP contribution in [0.2, 0.25) is 5.15 Å². The zero-order valence-corrected chi connectivity index (χ0v) is 22.7. The third-order valence-corrected chi connectivity index (χ3v) is 5.93. The molecule has 0 aliphatic carbocycles. The van der Waals surface area contributed by atoms with Crippen LogP contribution in [0.5, 0.6) is 17.2 Å². The van der Waals surface area contributed by atoms with E-state index in [2.05, 4.69) is 35.5 Å². The minimum atomic E-state index is -3.93. The smallest absolute Gasteiger partial charge is 1.00 e. The molecule has 1 N–H and O–H groups in total. The van der Waals surface area contributed by atoms with Gasteiger partial charge in [-0.1, -0.05) is 56.6 Å². The Bertz CT molecular complexity index is 1160. The van der Waals surface area contributed by atoms with Gasteiger partial charge in [0.2, 0.25) is 5.75 Å². The molecule has 0 amide bonds. The summed E-state index contributed by atoms with van der Waals surface area (Å²) >= 11 is 6.17. The van der Waals surface area contributed by atoms with Crippen molar-refractivity contribution in [1.82, 2.24) is 9.97 Å². The van der Waals surface area contributed by atoms with Gasteiger partial charge in [0.25, 0.3) is 10.0 Å².